The molecular formula is C7H8F3OTi. The molecule has 1 aromatic rings. The maximum absolute atomic E-state index is 10.6. The Balaban J connectivity index is -0.000000270. The summed E-state index contributed by atoms with van der Waals surface area (Å²) in [6.45, 7) is 0. The molecule has 0 fully saturated rings. The van der Waals surface area contributed by atoms with Gasteiger partial charge in [-0.1, -0.05) is 0 Å². The van der Waals surface area contributed by atoms with Gasteiger partial charge in [0.15, 0.2) is 0 Å². The number of carbonyl (C=O) groups is 1. The van der Waals surface area contributed by atoms with Crippen LogP contribution in [0.5, 0.6) is 0 Å². The minimum absolute atomic E-state index is 0. The van der Waals surface area contributed by atoms with Crippen molar-refractivity contribution in [2.24, 2.45) is 0 Å². The van der Waals surface area contributed by atoms with Crippen molar-refractivity contribution in [2.45, 2.75) is 0 Å². The molecule has 0 atom stereocenters. The molecule has 67 valence electrons. The molecule has 1 rings (SSSR count). The van der Waals surface area contributed by atoms with E-state index in [4.69, 9.17) is 0 Å². The predicted octanol–water partition coefficient (Wildman–Crippen LogP) is 1.83. The molecule has 0 N–H and O–H groups in total. The molecule has 0 aliphatic rings. The fraction of sp³-hybridized carbons (Fsp3) is 0. The second-order valence-corrected chi connectivity index (χ2v) is 2.40. The topological polar surface area (TPSA) is 17.1 Å². The monoisotopic (exact) mass is 213 g/mol. The molecule has 12 heavy (non-hydrogen) atoms. The van der Waals surface area contributed by atoms with E-state index in [9.17, 15) is 4.79 Å². The summed E-state index contributed by atoms with van der Waals surface area (Å²) in [6, 6.07) is 9.23. The number of hydrogen-bond acceptors (Lipinski definition) is 1. The van der Waals surface area contributed by atoms with Crippen molar-refractivity contribution in [2.75, 3.05) is 0 Å². The zero-order chi connectivity index (χ0) is 6.69. The van der Waals surface area contributed by atoms with E-state index in [1.807, 2.05) is 30.3 Å². The Morgan fingerprint density at radius 2 is 1.42 bits per heavy atom. The zero-order valence-corrected chi connectivity index (χ0v) is 7.58. The summed E-state index contributed by atoms with van der Waals surface area (Å²) in [7, 11) is 0. The van der Waals surface area contributed by atoms with Crippen LogP contribution in [0.2, 0.25) is 0 Å². The number of carbonyl (C=O) groups excluding carboxylic acids is 1. The summed E-state index contributed by atoms with van der Waals surface area (Å²) in [5.74, 6) is 0. The van der Waals surface area contributed by atoms with Crippen molar-refractivity contribution in [3.05, 3.63) is 35.9 Å². The van der Waals surface area contributed by atoms with Crippen molar-refractivity contribution in [3.8, 4) is 0 Å². The molecule has 0 amide bonds. The van der Waals surface area contributed by atoms with Gasteiger partial charge >= 0.3 is 65.2 Å². The summed E-state index contributed by atoms with van der Waals surface area (Å²) in [4.78, 5) is 10.6. The first-order valence-corrected chi connectivity index (χ1v) is 3.40. The van der Waals surface area contributed by atoms with Crippen molar-refractivity contribution in [1.29, 1.82) is 0 Å². The third-order valence-electron chi connectivity index (χ3n) is 1.04. The van der Waals surface area contributed by atoms with Crippen molar-refractivity contribution in [1.82, 2.24) is 0 Å². The Morgan fingerprint density at radius 3 is 1.67 bits per heavy atom. The van der Waals surface area contributed by atoms with E-state index in [2.05, 4.69) is 0 Å². The summed E-state index contributed by atoms with van der Waals surface area (Å²) >= 11 is 1.56. The normalized spacial score (nSPS) is 6.58. The predicted molar refractivity (Wildman–Crippen MR) is 38.3 cm³/mol. The molecule has 0 spiro atoms. The molecule has 0 radical (unpaired) electrons. The quantitative estimate of drug-likeness (QED) is 0.650. The first-order chi connectivity index (χ1) is 4.30. The van der Waals surface area contributed by atoms with Gasteiger partial charge in [-0.15, -0.1) is 0 Å². The van der Waals surface area contributed by atoms with E-state index < -0.39 is 0 Å². The standard InChI is InChI=1S/C7H5O.3FH.Ti/c8-6-7-4-2-1-3-5-7;;;;/h1-5H;3*1H;. The fourth-order valence-electron chi connectivity index (χ4n) is 0.590. The summed E-state index contributed by atoms with van der Waals surface area (Å²) < 4.78 is 0.121. The molecular weight excluding hydrogens is 205 g/mol. The molecule has 0 saturated heterocycles. The van der Waals surface area contributed by atoms with Crippen LogP contribution in [0.3, 0.4) is 0 Å². The Morgan fingerprint density at radius 1 is 1.00 bits per heavy atom. The molecule has 0 bridgehead atoms. The molecule has 0 aliphatic carbocycles. The Kier molecular flexibility index (Phi) is 12.4. The average Bonchev–Trinajstić information content (AvgIpc) is 1.90. The van der Waals surface area contributed by atoms with Gasteiger partial charge in [-0.3, -0.25) is 14.1 Å². The van der Waals surface area contributed by atoms with Gasteiger partial charge in [-0.05, 0) is 0 Å². The van der Waals surface area contributed by atoms with Gasteiger partial charge in [-0.25, -0.2) is 0 Å². The van der Waals surface area contributed by atoms with Crippen LogP contribution in [-0.2, 0) is 20.4 Å². The van der Waals surface area contributed by atoms with Gasteiger partial charge in [0, 0.05) is 0 Å². The van der Waals surface area contributed by atoms with Crippen LogP contribution in [0.1, 0.15) is 10.4 Å². The van der Waals surface area contributed by atoms with Gasteiger partial charge in [0.1, 0.15) is 0 Å². The van der Waals surface area contributed by atoms with Gasteiger partial charge in [0.05, 0.1) is 0 Å². The first-order valence-electron chi connectivity index (χ1n) is 2.61. The fourth-order valence-corrected chi connectivity index (χ4v) is 0.850. The van der Waals surface area contributed by atoms with E-state index in [0.717, 1.165) is 5.56 Å². The number of rotatable bonds is 1. The summed E-state index contributed by atoms with van der Waals surface area (Å²) in [6.07, 6.45) is 0. The Bertz CT molecular complexity index is 215. The van der Waals surface area contributed by atoms with Gasteiger partial charge in [0.2, 0.25) is 0 Å². The molecule has 1 nitrogen and oxygen atoms in total. The van der Waals surface area contributed by atoms with Crippen LogP contribution in [-0.4, -0.2) is 4.09 Å². The van der Waals surface area contributed by atoms with Crippen LogP contribution in [0.25, 0.3) is 0 Å². The molecule has 0 saturated carbocycles. The van der Waals surface area contributed by atoms with E-state index in [1.54, 1.807) is 20.4 Å². The SMILES string of the molecule is F.F.F.O=[C]([Ti])c1ccccc1. The van der Waals surface area contributed by atoms with Crippen molar-refractivity contribution < 1.29 is 39.3 Å². The van der Waals surface area contributed by atoms with Gasteiger partial charge < -0.3 is 0 Å². The molecule has 1 aromatic carbocycles. The van der Waals surface area contributed by atoms with Crippen LogP contribution in [0.4, 0.5) is 14.1 Å². The van der Waals surface area contributed by atoms with Gasteiger partial charge in [0.25, 0.3) is 0 Å². The van der Waals surface area contributed by atoms with E-state index in [0.29, 0.717) is 0 Å². The molecule has 0 heterocycles. The average molecular weight is 213 g/mol. The van der Waals surface area contributed by atoms with Crippen molar-refractivity contribution >= 4 is 4.09 Å². The minimum atomic E-state index is 0. The number of hydrogen-bond donors (Lipinski definition) is 0. The first kappa shape index (κ1) is 17.5. The van der Waals surface area contributed by atoms with Crippen molar-refractivity contribution in [3.63, 3.8) is 0 Å². The van der Waals surface area contributed by atoms with E-state index >= 15 is 0 Å². The van der Waals surface area contributed by atoms with E-state index in [-0.39, 0.29) is 18.2 Å². The summed E-state index contributed by atoms with van der Waals surface area (Å²) in [5.41, 5.74) is 0.775. The van der Waals surface area contributed by atoms with E-state index in [1.165, 1.54) is 0 Å². The van der Waals surface area contributed by atoms with Crippen LogP contribution < -0.4 is 0 Å². The van der Waals surface area contributed by atoms with Gasteiger partial charge in [-0.2, -0.15) is 0 Å². The zero-order valence-electron chi connectivity index (χ0n) is 6.02. The Labute approximate surface area is 79.7 Å². The van der Waals surface area contributed by atoms with Crippen LogP contribution in [0.15, 0.2) is 30.3 Å². The molecule has 0 unspecified atom stereocenters. The molecule has 0 aromatic heterocycles. The maximum atomic E-state index is 10.6. The Hall–Kier alpha value is -0.606. The van der Waals surface area contributed by atoms with Crippen LogP contribution in [0, 0.1) is 0 Å². The second-order valence-electron chi connectivity index (χ2n) is 1.70. The molecule has 0 aliphatic heterocycles. The third kappa shape index (κ3) is 5.10. The number of halogens is 3. The number of benzene rings is 1. The molecule has 5 heteroatoms. The second kappa shape index (κ2) is 8.49. The van der Waals surface area contributed by atoms with Crippen LogP contribution >= 0.6 is 0 Å². The third-order valence-corrected chi connectivity index (χ3v) is 1.49. The summed E-state index contributed by atoms with van der Waals surface area (Å²) in [5, 5.41) is 0.